The van der Waals surface area contributed by atoms with Crippen LogP contribution in [0.3, 0.4) is 0 Å². The van der Waals surface area contributed by atoms with Gasteiger partial charge in [-0.1, -0.05) is 0 Å². The van der Waals surface area contributed by atoms with Crippen LogP contribution in [-0.2, 0) is 0 Å². The second kappa shape index (κ2) is 5.87. The number of carbonyl (C=O) groups excluding carboxylic acids is 1. The summed E-state index contributed by atoms with van der Waals surface area (Å²) in [6.07, 6.45) is 2.01. The van der Waals surface area contributed by atoms with E-state index in [1.165, 1.54) is 0 Å². The molecule has 21 heavy (non-hydrogen) atoms. The van der Waals surface area contributed by atoms with Crippen molar-refractivity contribution >= 4 is 44.9 Å². The number of carbonyl (C=O) groups is 1. The van der Waals surface area contributed by atoms with Crippen LogP contribution in [0.2, 0.25) is 0 Å². The number of anilines is 1. The zero-order valence-corrected chi connectivity index (χ0v) is 13.3. The predicted octanol–water partition coefficient (Wildman–Crippen LogP) is 4.58. The van der Waals surface area contributed by atoms with E-state index in [2.05, 4.69) is 10.3 Å². The first kappa shape index (κ1) is 14.1. The highest BCUT2D eigenvalue weighted by atomic mass is 32.2. The first-order valence-electron chi connectivity index (χ1n) is 6.48. The first-order chi connectivity index (χ1) is 10.2. The molecule has 0 spiro atoms. The van der Waals surface area contributed by atoms with Crippen molar-refractivity contribution in [2.75, 3.05) is 11.6 Å². The summed E-state index contributed by atoms with van der Waals surface area (Å²) in [5, 5.41) is 3.94. The van der Waals surface area contributed by atoms with Crippen LogP contribution in [0.25, 0.3) is 10.2 Å². The molecule has 0 aliphatic rings. The summed E-state index contributed by atoms with van der Waals surface area (Å²) in [6.45, 7) is 1.98. The number of hydrogen-bond donors (Lipinski definition) is 1. The average Bonchev–Trinajstić information content (AvgIpc) is 2.86. The second-order valence-electron chi connectivity index (χ2n) is 4.60. The van der Waals surface area contributed by atoms with Gasteiger partial charge in [-0.25, -0.2) is 4.98 Å². The molecule has 1 aromatic heterocycles. The highest BCUT2D eigenvalue weighted by molar-refractivity contribution is 7.98. The number of nitrogens with zero attached hydrogens (tertiary/aromatic N) is 1. The minimum absolute atomic E-state index is 0.103. The Balaban J connectivity index is 1.81. The topological polar surface area (TPSA) is 42.0 Å². The van der Waals surface area contributed by atoms with Gasteiger partial charge in [0, 0.05) is 16.1 Å². The van der Waals surface area contributed by atoms with E-state index in [0.717, 1.165) is 25.8 Å². The van der Waals surface area contributed by atoms with Gasteiger partial charge < -0.3 is 5.32 Å². The maximum atomic E-state index is 12.2. The largest absolute Gasteiger partial charge is 0.322 e. The van der Waals surface area contributed by atoms with Crippen molar-refractivity contribution in [1.29, 1.82) is 0 Å². The molecule has 0 bridgehead atoms. The van der Waals surface area contributed by atoms with Crippen LogP contribution in [0.4, 0.5) is 5.69 Å². The molecule has 1 heterocycles. The predicted molar refractivity (Wildman–Crippen MR) is 90.5 cm³/mol. The first-order valence-corrected chi connectivity index (χ1v) is 8.52. The van der Waals surface area contributed by atoms with Crippen molar-refractivity contribution in [1.82, 2.24) is 4.98 Å². The van der Waals surface area contributed by atoms with Crippen molar-refractivity contribution in [2.24, 2.45) is 0 Å². The number of aryl methyl sites for hydroxylation is 1. The van der Waals surface area contributed by atoms with Gasteiger partial charge >= 0.3 is 0 Å². The normalized spacial score (nSPS) is 10.8. The van der Waals surface area contributed by atoms with Crippen LogP contribution in [-0.4, -0.2) is 17.1 Å². The van der Waals surface area contributed by atoms with Crippen molar-refractivity contribution in [3.63, 3.8) is 0 Å². The summed E-state index contributed by atoms with van der Waals surface area (Å²) in [4.78, 5) is 17.8. The van der Waals surface area contributed by atoms with Crippen LogP contribution in [0.15, 0.2) is 47.4 Å². The Morgan fingerprint density at radius 3 is 2.67 bits per heavy atom. The minimum atomic E-state index is -0.103. The quantitative estimate of drug-likeness (QED) is 0.720. The Kier molecular flexibility index (Phi) is 3.94. The number of thiazole rings is 1. The Morgan fingerprint density at radius 2 is 1.95 bits per heavy atom. The number of thioether (sulfide) groups is 1. The summed E-state index contributed by atoms with van der Waals surface area (Å²) >= 11 is 3.31. The summed E-state index contributed by atoms with van der Waals surface area (Å²) < 4.78 is 1.13. The molecule has 0 fully saturated rings. The van der Waals surface area contributed by atoms with Crippen LogP contribution in [0.5, 0.6) is 0 Å². The lowest BCUT2D eigenvalue weighted by Gasteiger charge is -2.05. The minimum Gasteiger partial charge on any atom is -0.322 e. The standard InChI is InChI=1S/C16H14N2OS2/c1-10-17-14-9-12(5-8-15(14)21-10)18-16(19)11-3-6-13(20-2)7-4-11/h3-9H,1-2H3,(H,18,19). The molecule has 106 valence electrons. The molecule has 0 radical (unpaired) electrons. The fourth-order valence-electron chi connectivity index (χ4n) is 2.07. The molecule has 0 atom stereocenters. The number of nitrogens with one attached hydrogen (secondary N) is 1. The second-order valence-corrected chi connectivity index (χ2v) is 6.71. The van der Waals surface area contributed by atoms with Gasteiger partial charge in [-0.3, -0.25) is 4.79 Å². The number of benzene rings is 2. The van der Waals surface area contributed by atoms with Gasteiger partial charge in [0.05, 0.1) is 15.2 Å². The molecular formula is C16H14N2OS2. The van der Waals surface area contributed by atoms with Crippen LogP contribution in [0.1, 0.15) is 15.4 Å². The van der Waals surface area contributed by atoms with Gasteiger partial charge in [0.25, 0.3) is 5.91 Å². The van der Waals surface area contributed by atoms with E-state index in [4.69, 9.17) is 0 Å². The summed E-state index contributed by atoms with van der Waals surface area (Å²) in [5.41, 5.74) is 2.35. The SMILES string of the molecule is CSc1ccc(C(=O)Nc2ccc3sc(C)nc3c2)cc1. The summed E-state index contributed by atoms with van der Waals surface area (Å²) in [6, 6.07) is 13.4. The molecule has 1 N–H and O–H groups in total. The van der Waals surface area contributed by atoms with Gasteiger partial charge in [0.2, 0.25) is 0 Å². The fourth-order valence-corrected chi connectivity index (χ4v) is 3.28. The molecule has 5 heteroatoms. The molecule has 0 saturated heterocycles. The van der Waals surface area contributed by atoms with E-state index in [1.54, 1.807) is 23.1 Å². The van der Waals surface area contributed by atoms with E-state index in [-0.39, 0.29) is 5.91 Å². The summed E-state index contributed by atoms with van der Waals surface area (Å²) in [7, 11) is 0. The third-order valence-corrected chi connectivity index (χ3v) is 4.80. The Labute approximate surface area is 131 Å². The van der Waals surface area contributed by atoms with E-state index >= 15 is 0 Å². The zero-order chi connectivity index (χ0) is 14.8. The van der Waals surface area contributed by atoms with Gasteiger partial charge in [0.15, 0.2) is 0 Å². The van der Waals surface area contributed by atoms with Gasteiger partial charge in [-0.15, -0.1) is 23.1 Å². The number of amides is 1. The van der Waals surface area contributed by atoms with E-state index in [9.17, 15) is 4.79 Å². The van der Waals surface area contributed by atoms with Crippen LogP contribution in [0, 0.1) is 6.92 Å². The maximum absolute atomic E-state index is 12.2. The molecule has 1 amide bonds. The Hall–Kier alpha value is -1.85. The van der Waals surface area contributed by atoms with Crippen molar-refractivity contribution in [3.05, 3.63) is 53.0 Å². The Bertz CT molecular complexity index is 794. The molecule has 0 unspecified atom stereocenters. The maximum Gasteiger partial charge on any atom is 0.255 e. The van der Waals surface area contributed by atoms with Crippen molar-refractivity contribution in [3.8, 4) is 0 Å². The molecule has 2 aromatic carbocycles. The third kappa shape index (κ3) is 3.09. The van der Waals surface area contributed by atoms with E-state index in [1.807, 2.05) is 55.6 Å². The smallest absolute Gasteiger partial charge is 0.255 e. The summed E-state index contributed by atoms with van der Waals surface area (Å²) in [5.74, 6) is -0.103. The molecule has 3 aromatic rings. The highest BCUT2D eigenvalue weighted by Crippen LogP contribution is 2.24. The monoisotopic (exact) mass is 314 g/mol. The molecule has 0 aliphatic heterocycles. The van der Waals surface area contributed by atoms with Crippen molar-refractivity contribution in [2.45, 2.75) is 11.8 Å². The lowest BCUT2D eigenvalue weighted by Crippen LogP contribution is -2.11. The number of fused-ring (bicyclic) bond motifs is 1. The van der Waals surface area contributed by atoms with E-state index < -0.39 is 0 Å². The van der Waals surface area contributed by atoms with Gasteiger partial charge in [0.1, 0.15) is 0 Å². The Morgan fingerprint density at radius 1 is 1.19 bits per heavy atom. The lowest BCUT2D eigenvalue weighted by atomic mass is 10.2. The number of hydrogen-bond acceptors (Lipinski definition) is 4. The molecule has 0 saturated carbocycles. The average molecular weight is 314 g/mol. The number of rotatable bonds is 3. The molecule has 3 nitrogen and oxygen atoms in total. The molecule has 0 aliphatic carbocycles. The van der Waals surface area contributed by atoms with Crippen LogP contribution < -0.4 is 5.32 Å². The third-order valence-electron chi connectivity index (χ3n) is 3.10. The van der Waals surface area contributed by atoms with Gasteiger partial charge in [-0.05, 0) is 55.6 Å². The van der Waals surface area contributed by atoms with Crippen molar-refractivity contribution < 1.29 is 4.79 Å². The van der Waals surface area contributed by atoms with Gasteiger partial charge in [-0.2, -0.15) is 0 Å². The zero-order valence-electron chi connectivity index (χ0n) is 11.7. The lowest BCUT2D eigenvalue weighted by molar-refractivity contribution is 0.102. The van der Waals surface area contributed by atoms with E-state index in [0.29, 0.717) is 5.56 Å². The molecular weight excluding hydrogens is 300 g/mol. The fraction of sp³-hybridized carbons (Fsp3) is 0.125. The highest BCUT2D eigenvalue weighted by Gasteiger charge is 2.07. The van der Waals surface area contributed by atoms with Crippen LogP contribution >= 0.6 is 23.1 Å². The molecule has 3 rings (SSSR count). The number of aromatic nitrogens is 1.